The molecule has 1 aromatic heterocycles. The van der Waals surface area contributed by atoms with E-state index in [4.69, 9.17) is 9.26 Å². The molecule has 0 aliphatic carbocycles. The SMILES string of the molecule is COc1ccc(CNCc2nc(C)no2)c2ccccc12. The topological polar surface area (TPSA) is 60.2 Å². The summed E-state index contributed by atoms with van der Waals surface area (Å²) >= 11 is 0. The first-order chi connectivity index (χ1) is 10.3. The molecule has 0 radical (unpaired) electrons. The van der Waals surface area contributed by atoms with E-state index >= 15 is 0 Å². The fraction of sp³-hybridized carbons (Fsp3) is 0.250. The van der Waals surface area contributed by atoms with Gasteiger partial charge in [-0.15, -0.1) is 0 Å². The first-order valence-corrected chi connectivity index (χ1v) is 6.82. The lowest BCUT2D eigenvalue weighted by Crippen LogP contribution is -2.13. The number of nitrogens with zero attached hydrogens (tertiary/aromatic N) is 2. The van der Waals surface area contributed by atoms with Crippen LogP contribution in [0.3, 0.4) is 0 Å². The summed E-state index contributed by atoms with van der Waals surface area (Å²) < 4.78 is 10.5. The van der Waals surface area contributed by atoms with Gasteiger partial charge in [-0.3, -0.25) is 0 Å². The standard InChI is InChI=1S/C16H17N3O2/c1-11-18-16(21-19-11)10-17-9-12-7-8-15(20-2)14-6-4-3-5-13(12)14/h3-8,17H,9-10H2,1-2H3. The van der Waals surface area contributed by atoms with Crippen LogP contribution in [0.25, 0.3) is 10.8 Å². The Bertz CT molecular complexity index is 752. The van der Waals surface area contributed by atoms with Crippen LogP contribution in [0.2, 0.25) is 0 Å². The van der Waals surface area contributed by atoms with Gasteiger partial charge in [0, 0.05) is 11.9 Å². The van der Waals surface area contributed by atoms with E-state index < -0.39 is 0 Å². The predicted octanol–water partition coefficient (Wildman–Crippen LogP) is 2.83. The second-order valence-electron chi connectivity index (χ2n) is 4.81. The maximum atomic E-state index is 5.41. The number of aromatic nitrogens is 2. The zero-order valence-electron chi connectivity index (χ0n) is 12.1. The third-order valence-electron chi connectivity index (χ3n) is 3.36. The Kier molecular flexibility index (Phi) is 3.83. The molecule has 0 atom stereocenters. The fourth-order valence-corrected chi connectivity index (χ4v) is 2.38. The first kappa shape index (κ1) is 13.6. The van der Waals surface area contributed by atoms with Crippen molar-refractivity contribution in [3.05, 3.63) is 53.7 Å². The highest BCUT2D eigenvalue weighted by Crippen LogP contribution is 2.28. The Labute approximate surface area is 122 Å². The molecule has 1 heterocycles. The van der Waals surface area contributed by atoms with Crippen LogP contribution in [-0.2, 0) is 13.1 Å². The average Bonchev–Trinajstić information content (AvgIpc) is 2.93. The van der Waals surface area contributed by atoms with Crippen molar-refractivity contribution in [3.8, 4) is 5.75 Å². The van der Waals surface area contributed by atoms with Gasteiger partial charge in [-0.05, 0) is 23.9 Å². The normalized spacial score (nSPS) is 11.0. The van der Waals surface area contributed by atoms with Crippen molar-refractivity contribution in [3.63, 3.8) is 0 Å². The molecule has 5 heteroatoms. The zero-order chi connectivity index (χ0) is 14.7. The van der Waals surface area contributed by atoms with Gasteiger partial charge in [0.05, 0.1) is 13.7 Å². The third-order valence-corrected chi connectivity index (χ3v) is 3.36. The van der Waals surface area contributed by atoms with Crippen molar-refractivity contribution in [2.75, 3.05) is 7.11 Å². The number of aryl methyl sites for hydroxylation is 1. The van der Waals surface area contributed by atoms with Gasteiger partial charge in [0.15, 0.2) is 5.82 Å². The van der Waals surface area contributed by atoms with Crippen LogP contribution < -0.4 is 10.1 Å². The third kappa shape index (κ3) is 2.87. The van der Waals surface area contributed by atoms with E-state index in [2.05, 4.69) is 33.7 Å². The first-order valence-electron chi connectivity index (χ1n) is 6.82. The van der Waals surface area contributed by atoms with Gasteiger partial charge in [0.2, 0.25) is 5.89 Å². The summed E-state index contributed by atoms with van der Waals surface area (Å²) in [5.74, 6) is 2.15. The average molecular weight is 283 g/mol. The van der Waals surface area contributed by atoms with Crippen molar-refractivity contribution >= 4 is 10.8 Å². The summed E-state index contributed by atoms with van der Waals surface area (Å²) in [6, 6.07) is 12.3. The van der Waals surface area contributed by atoms with E-state index in [1.54, 1.807) is 7.11 Å². The van der Waals surface area contributed by atoms with E-state index in [1.807, 2.05) is 25.1 Å². The minimum Gasteiger partial charge on any atom is -0.496 e. The Hall–Kier alpha value is -2.40. The van der Waals surface area contributed by atoms with Gasteiger partial charge in [-0.2, -0.15) is 4.98 Å². The smallest absolute Gasteiger partial charge is 0.240 e. The van der Waals surface area contributed by atoms with Gasteiger partial charge >= 0.3 is 0 Å². The molecule has 0 bridgehead atoms. The van der Waals surface area contributed by atoms with Crippen LogP contribution >= 0.6 is 0 Å². The molecule has 21 heavy (non-hydrogen) atoms. The molecule has 2 aromatic carbocycles. The molecule has 5 nitrogen and oxygen atoms in total. The summed E-state index contributed by atoms with van der Waals surface area (Å²) in [6.07, 6.45) is 0. The van der Waals surface area contributed by atoms with Crippen LogP contribution in [0.1, 0.15) is 17.3 Å². The second kappa shape index (κ2) is 5.93. The van der Waals surface area contributed by atoms with E-state index in [0.29, 0.717) is 18.3 Å². The summed E-state index contributed by atoms with van der Waals surface area (Å²) in [4.78, 5) is 4.17. The molecule has 0 fully saturated rings. The van der Waals surface area contributed by atoms with Crippen molar-refractivity contribution in [2.24, 2.45) is 0 Å². The van der Waals surface area contributed by atoms with Crippen LogP contribution in [0.15, 0.2) is 40.9 Å². The highest BCUT2D eigenvalue weighted by atomic mass is 16.5. The lowest BCUT2D eigenvalue weighted by atomic mass is 10.0. The monoisotopic (exact) mass is 283 g/mol. The summed E-state index contributed by atoms with van der Waals surface area (Å²) in [7, 11) is 1.69. The molecule has 0 aliphatic heterocycles. The van der Waals surface area contributed by atoms with Crippen LogP contribution in [0, 0.1) is 6.92 Å². The second-order valence-corrected chi connectivity index (χ2v) is 4.81. The van der Waals surface area contributed by atoms with Gasteiger partial charge in [0.1, 0.15) is 5.75 Å². The molecule has 0 saturated carbocycles. The summed E-state index contributed by atoms with van der Waals surface area (Å²) in [6.45, 7) is 3.09. The van der Waals surface area contributed by atoms with Crippen LogP contribution in [0.5, 0.6) is 5.75 Å². The minimum absolute atomic E-state index is 0.557. The van der Waals surface area contributed by atoms with Crippen LogP contribution in [0.4, 0.5) is 0 Å². The molecule has 0 unspecified atom stereocenters. The molecule has 0 aliphatic rings. The predicted molar refractivity (Wildman–Crippen MR) is 80.1 cm³/mol. The van der Waals surface area contributed by atoms with Gasteiger partial charge in [-0.25, -0.2) is 0 Å². The fourth-order valence-electron chi connectivity index (χ4n) is 2.38. The molecule has 1 N–H and O–H groups in total. The molecule has 3 aromatic rings. The number of methoxy groups -OCH3 is 1. The van der Waals surface area contributed by atoms with E-state index in [-0.39, 0.29) is 0 Å². The quantitative estimate of drug-likeness (QED) is 0.780. The molecule has 0 saturated heterocycles. The van der Waals surface area contributed by atoms with Crippen molar-refractivity contribution < 1.29 is 9.26 Å². The van der Waals surface area contributed by atoms with Crippen LogP contribution in [-0.4, -0.2) is 17.3 Å². The molecule has 0 amide bonds. The summed E-state index contributed by atoms with van der Waals surface area (Å²) in [5.41, 5.74) is 1.21. The van der Waals surface area contributed by atoms with Gasteiger partial charge < -0.3 is 14.6 Å². The lowest BCUT2D eigenvalue weighted by molar-refractivity contribution is 0.364. The number of benzene rings is 2. The van der Waals surface area contributed by atoms with E-state index in [1.165, 1.54) is 10.9 Å². The number of fused-ring (bicyclic) bond motifs is 1. The number of hydrogen-bond donors (Lipinski definition) is 1. The van der Waals surface area contributed by atoms with E-state index in [0.717, 1.165) is 17.7 Å². The molecule has 3 rings (SSSR count). The van der Waals surface area contributed by atoms with Gasteiger partial charge in [0.25, 0.3) is 0 Å². The Morgan fingerprint density at radius 2 is 1.90 bits per heavy atom. The summed E-state index contributed by atoms with van der Waals surface area (Å²) in [5, 5.41) is 9.40. The molecule has 0 spiro atoms. The highest BCUT2D eigenvalue weighted by Gasteiger charge is 2.07. The number of hydrogen-bond acceptors (Lipinski definition) is 5. The maximum absolute atomic E-state index is 5.41. The van der Waals surface area contributed by atoms with Crippen molar-refractivity contribution in [1.82, 2.24) is 15.5 Å². The molecule has 108 valence electrons. The maximum Gasteiger partial charge on any atom is 0.240 e. The lowest BCUT2D eigenvalue weighted by Gasteiger charge is -2.10. The highest BCUT2D eigenvalue weighted by molar-refractivity contribution is 5.91. The Morgan fingerprint density at radius 3 is 2.62 bits per heavy atom. The Balaban J connectivity index is 1.78. The zero-order valence-corrected chi connectivity index (χ0v) is 12.1. The minimum atomic E-state index is 0.557. The number of rotatable bonds is 5. The largest absolute Gasteiger partial charge is 0.496 e. The Morgan fingerprint density at radius 1 is 1.10 bits per heavy atom. The van der Waals surface area contributed by atoms with Gasteiger partial charge in [-0.1, -0.05) is 35.5 Å². The van der Waals surface area contributed by atoms with E-state index in [9.17, 15) is 0 Å². The van der Waals surface area contributed by atoms with Crippen molar-refractivity contribution in [1.29, 1.82) is 0 Å². The molecular formula is C16H17N3O2. The molecular weight excluding hydrogens is 266 g/mol. The number of nitrogens with one attached hydrogen (secondary N) is 1. The number of ether oxygens (including phenoxy) is 1. The van der Waals surface area contributed by atoms with Crippen molar-refractivity contribution in [2.45, 2.75) is 20.0 Å².